The van der Waals surface area contributed by atoms with Crippen LogP contribution in [-0.4, -0.2) is 64.5 Å². The molecule has 0 aliphatic heterocycles. The molecule has 0 unspecified atom stereocenters. The molecular formula is C29H38N8O3. The highest BCUT2D eigenvalue weighted by Crippen LogP contribution is 2.36. The smallest absolute Gasteiger partial charge is 0.294 e. The zero-order chi connectivity index (χ0) is 28.3. The third kappa shape index (κ3) is 6.37. The number of nitro benzene ring substituents is 1. The number of nitrogens with zero attached hydrogens (tertiary/aromatic N) is 6. The second kappa shape index (κ2) is 12.6. The van der Waals surface area contributed by atoms with Crippen molar-refractivity contribution in [2.75, 3.05) is 49.8 Å². The average molecular weight is 547 g/mol. The minimum absolute atomic E-state index is 0. The Labute approximate surface area is 235 Å². The summed E-state index contributed by atoms with van der Waals surface area (Å²) < 4.78 is 2.00. The summed E-state index contributed by atoms with van der Waals surface area (Å²) in [4.78, 5) is 37.0. The number of rotatable bonds is 10. The molecule has 2 aromatic heterocycles. The predicted octanol–water partition coefficient (Wildman–Crippen LogP) is 5.58. The second-order valence-electron chi connectivity index (χ2n) is 9.79. The quantitative estimate of drug-likeness (QED) is 0.195. The molecule has 212 valence electrons. The lowest BCUT2D eigenvalue weighted by Crippen LogP contribution is -2.29. The van der Waals surface area contributed by atoms with Crippen LogP contribution in [0.4, 0.5) is 28.7 Å². The van der Waals surface area contributed by atoms with Crippen molar-refractivity contribution in [3.63, 3.8) is 0 Å². The van der Waals surface area contributed by atoms with Gasteiger partial charge >= 0.3 is 0 Å². The van der Waals surface area contributed by atoms with Crippen LogP contribution in [0.1, 0.15) is 26.3 Å². The van der Waals surface area contributed by atoms with E-state index in [1.165, 1.54) is 6.07 Å². The molecule has 11 nitrogen and oxygen atoms in total. The number of carbonyl (C=O) groups is 1. The molecule has 0 aliphatic rings. The third-order valence-corrected chi connectivity index (χ3v) is 6.59. The van der Waals surface area contributed by atoms with Crippen molar-refractivity contribution in [3.05, 3.63) is 64.5 Å². The van der Waals surface area contributed by atoms with E-state index < -0.39 is 0 Å². The summed E-state index contributed by atoms with van der Waals surface area (Å²) in [6.45, 7) is 5.07. The van der Waals surface area contributed by atoms with Crippen molar-refractivity contribution >= 4 is 45.5 Å². The number of anilines is 4. The highest BCUT2D eigenvalue weighted by molar-refractivity contribution is 6.01. The lowest BCUT2D eigenvalue weighted by Gasteiger charge is -2.22. The molecule has 2 heterocycles. The molecule has 0 atom stereocenters. The van der Waals surface area contributed by atoms with Gasteiger partial charge in [-0.25, -0.2) is 9.97 Å². The van der Waals surface area contributed by atoms with Crippen molar-refractivity contribution < 1.29 is 9.72 Å². The Balaban J connectivity index is 0.00000441. The number of hydrogen-bond acceptors (Lipinski definition) is 8. The summed E-state index contributed by atoms with van der Waals surface area (Å²) in [6, 6.07) is 11.3. The third-order valence-electron chi connectivity index (χ3n) is 6.59. The first-order valence-electron chi connectivity index (χ1n) is 12.7. The van der Waals surface area contributed by atoms with Crippen molar-refractivity contribution in [1.82, 2.24) is 19.4 Å². The maximum atomic E-state index is 12.3. The molecule has 0 spiro atoms. The number of aryl methyl sites for hydroxylation is 2. The minimum Gasteiger partial charge on any atom is -0.368 e. The van der Waals surface area contributed by atoms with Crippen LogP contribution in [0.3, 0.4) is 0 Å². The molecule has 0 aliphatic carbocycles. The number of nitro groups is 1. The van der Waals surface area contributed by atoms with Gasteiger partial charge in [-0.05, 0) is 38.7 Å². The largest absolute Gasteiger partial charge is 0.368 e. The molecular weight excluding hydrogens is 508 g/mol. The van der Waals surface area contributed by atoms with Crippen LogP contribution < -0.4 is 15.5 Å². The molecule has 0 fully saturated rings. The van der Waals surface area contributed by atoms with E-state index in [-0.39, 0.29) is 29.9 Å². The number of carbonyl (C=O) groups excluding carboxylic acids is 1. The van der Waals surface area contributed by atoms with Gasteiger partial charge in [-0.3, -0.25) is 14.9 Å². The summed E-state index contributed by atoms with van der Waals surface area (Å²) in [5, 5.41) is 19.0. The summed E-state index contributed by atoms with van der Waals surface area (Å²) in [5.74, 6) is 0.111. The van der Waals surface area contributed by atoms with Gasteiger partial charge in [0.15, 0.2) is 0 Å². The normalized spacial score (nSPS) is 10.9. The minimum atomic E-state index is -0.377. The maximum Gasteiger partial charge on any atom is 0.294 e. The molecule has 1 amide bonds. The zero-order valence-electron chi connectivity index (χ0n) is 23.1. The fourth-order valence-corrected chi connectivity index (χ4v) is 4.37. The monoisotopic (exact) mass is 546 g/mol. The standard InChI is InChI=1S/C28H34N8O3.CH4/c1-7-26(37)30-22-16-29-28(32-27(22)20-17-35(6)23-11-9-8-10-19(20)23)31-21-15-25(36(38)39)24(14-18(21)2)34(5)13-12-33(3)4;/h8-11,14-17H,7,12-13H2,1-6H3,(H,30,37)(H,29,31,32);1H4. The Morgan fingerprint density at radius 3 is 2.52 bits per heavy atom. The molecule has 4 aromatic rings. The summed E-state index contributed by atoms with van der Waals surface area (Å²) >= 11 is 0. The van der Waals surface area contributed by atoms with Crippen molar-refractivity contribution in [2.45, 2.75) is 27.7 Å². The van der Waals surface area contributed by atoms with Gasteiger partial charge in [0.1, 0.15) is 11.4 Å². The molecule has 2 N–H and O–H groups in total. The van der Waals surface area contributed by atoms with E-state index in [9.17, 15) is 14.9 Å². The number of benzene rings is 2. The van der Waals surface area contributed by atoms with E-state index in [4.69, 9.17) is 4.98 Å². The molecule has 4 rings (SSSR count). The lowest BCUT2D eigenvalue weighted by atomic mass is 10.1. The van der Waals surface area contributed by atoms with Gasteiger partial charge < -0.3 is 25.0 Å². The fraction of sp³-hybridized carbons (Fsp3) is 0.345. The van der Waals surface area contributed by atoms with Gasteiger partial charge in [0, 0.05) is 62.3 Å². The average Bonchev–Trinajstić information content (AvgIpc) is 3.25. The molecule has 0 bridgehead atoms. The van der Waals surface area contributed by atoms with Crippen molar-refractivity contribution in [3.8, 4) is 11.3 Å². The zero-order valence-corrected chi connectivity index (χ0v) is 23.1. The molecule has 11 heteroatoms. The van der Waals surface area contributed by atoms with Gasteiger partial charge in [0.25, 0.3) is 5.69 Å². The molecule has 0 saturated heterocycles. The first-order valence-corrected chi connectivity index (χ1v) is 12.7. The van der Waals surface area contributed by atoms with Crippen LogP contribution in [0.2, 0.25) is 0 Å². The van der Waals surface area contributed by atoms with E-state index in [2.05, 4.69) is 15.6 Å². The van der Waals surface area contributed by atoms with Crippen molar-refractivity contribution in [1.29, 1.82) is 0 Å². The number of aromatic nitrogens is 3. The maximum absolute atomic E-state index is 12.3. The number of fused-ring (bicyclic) bond motifs is 1. The van der Waals surface area contributed by atoms with E-state index in [1.807, 2.05) is 79.9 Å². The number of likely N-dealkylation sites (N-methyl/N-ethyl adjacent to an activating group) is 2. The van der Waals surface area contributed by atoms with E-state index >= 15 is 0 Å². The molecule has 2 aromatic carbocycles. The van der Waals surface area contributed by atoms with Gasteiger partial charge in [-0.2, -0.15) is 0 Å². The SMILES string of the molecule is C.CCC(=O)Nc1cnc(Nc2cc([N+](=O)[O-])c(N(C)CCN(C)C)cc2C)nc1-c1cn(C)c2ccccc12. The van der Waals surface area contributed by atoms with Gasteiger partial charge in [-0.15, -0.1) is 0 Å². The van der Waals surface area contributed by atoms with Crippen LogP contribution in [0, 0.1) is 17.0 Å². The number of hydrogen-bond donors (Lipinski definition) is 2. The number of para-hydroxylation sites is 1. The first kappa shape index (κ1) is 30.0. The highest BCUT2D eigenvalue weighted by Gasteiger charge is 2.22. The summed E-state index contributed by atoms with van der Waals surface area (Å²) in [6.07, 6.45) is 3.84. The second-order valence-corrected chi connectivity index (χ2v) is 9.79. The Kier molecular flexibility index (Phi) is 9.43. The Morgan fingerprint density at radius 2 is 1.85 bits per heavy atom. The van der Waals surface area contributed by atoms with Gasteiger partial charge in [0.2, 0.25) is 11.9 Å². The first-order chi connectivity index (χ1) is 18.6. The van der Waals surface area contributed by atoms with Crippen LogP contribution in [0.15, 0.2) is 48.8 Å². The number of amides is 1. The highest BCUT2D eigenvalue weighted by atomic mass is 16.6. The Hall–Kier alpha value is -4.51. The molecule has 0 radical (unpaired) electrons. The fourth-order valence-electron chi connectivity index (χ4n) is 4.37. The Bertz CT molecular complexity index is 1530. The lowest BCUT2D eigenvalue weighted by molar-refractivity contribution is -0.384. The molecule has 40 heavy (non-hydrogen) atoms. The summed E-state index contributed by atoms with van der Waals surface area (Å²) in [7, 11) is 7.73. The van der Waals surface area contributed by atoms with Crippen LogP contribution in [0.25, 0.3) is 22.2 Å². The predicted molar refractivity (Wildman–Crippen MR) is 163 cm³/mol. The Morgan fingerprint density at radius 1 is 1.12 bits per heavy atom. The van der Waals surface area contributed by atoms with E-state index in [1.54, 1.807) is 19.2 Å². The summed E-state index contributed by atoms with van der Waals surface area (Å²) in [5.41, 5.74) is 4.78. The van der Waals surface area contributed by atoms with Crippen molar-refractivity contribution in [2.24, 2.45) is 7.05 Å². The topological polar surface area (TPSA) is 121 Å². The molecule has 0 saturated carbocycles. The van der Waals surface area contributed by atoms with Gasteiger partial charge in [-0.1, -0.05) is 32.5 Å². The van der Waals surface area contributed by atoms with E-state index in [0.29, 0.717) is 35.7 Å². The van der Waals surface area contributed by atoms with Crippen LogP contribution in [-0.2, 0) is 11.8 Å². The van der Waals surface area contributed by atoms with Gasteiger partial charge in [0.05, 0.1) is 22.5 Å². The van der Waals surface area contributed by atoms with Crippen LogP contribution in [0.5, 0.6) is 0 Å². The number of nitrogens with one attached hydrogen (secondary N) is 2. The van der Waals surface area contributed by atoms with Crippen LogP contribution >= 0.6 is 0 Å². The van der Waals surface area contributed by atoms with E-state index in [0.717, 1.165) is 28.6 Å².